The van der Waals surface area contributed by atoms with Crippen molar-refractivity contribution in [1.82, 2.24) is 5.32 Å². The summed E-state index contributed by atoms with van der Waals surface area (Å²) in [7, 11) is 0. The van der Waals surface area contributed by atoms with Gasteiger partial charge in [-0.2, -0.15) is 0 Å². The molecule has 0 spiro atoms. The fourth-order valence-corrected chi connectivity index (χ4v) is 0.761. The van der Waals surface area contributed by atoms with Gasteiger partial charge in [-0.3, -0.25) is 9.59 Å². The van der Waals surface area contributed by atoms with Crippen LogP contribution in [0.2, 0.25) is 0 Å². The van der Waals surface area contributed by atoms with Crippen molar-refractivity contribution in [3.05, 3.63) is 0 Å². The number of carbonyl (C=O) groups is 2. The van der Waals surface area contributed by atoms with Crippen LogP contribution in [0.5, 0.6) is 0 Å². The summed E-state index contributed by atoms with van der Waals surface area (Å²) >= 11 is 0. The van der Waals surface area contributed by atoms with Crippen molar-refractivity contribution < 1.29 is 19.8 Å². The molecule has 6 heteroatoms. The summed E-state index contributed by atoms with van der Waals surface area (Å²) in [6.07, 6.45) is -1.02. The molecule has 1 unspecified atom stereocenters. The molecule has 0 aromatic rings. The molecule has 1 amide bonds. The number of hydrogen-bond acceptors (Lipinski definition) is 4. The van der Waals surface area contributed by atoms with Crippen LogP contribution in [0.25, 0.3) is 0 Å². The molecule has 13 heavy (non-hydrogen) atoms. The van der Waals surface area contributed by atoms with Crippen molar-refractivity contribution in [2.24, 2.45) is 5.73 Å². The van der Waals surface area contributed by atoms with E-state index in [1.165, 1.54) is 6.92 Å². The number of amides is 1. The van der Waals surface area contributed by atoms with E-state index in [0.29, 0.717) is 0 Å². The fourth-order valence-electron chi connectivity index (χ4n) is 0.761. The zero-order chi connectivity index (χ0) is 10.4. The highest BCUT2D eigenvalue weighted by molar-refractivity contribution is 5.84. The van der Waals surface area contributed by atoms with Gasteiger partial charge in [0.05, 0.1) is 18.6 Å². The lowest BCUT2D eigenvalue weighted by Gasteiger charge is -2.14. The van der Waals surface area contributed by atoms with Gasteiger partial charge < -0.3 is 21.3 Å². The Morgan fingerprint density at radius 2 is 2.08 bits per heavy atom. The third kappa shape index (κ3) is 6.06. The summed E-state index contributed by atoms with van der Waals surface area (Å²) < 4.78 is 0. The first-order chi connectivity index (χ1) is 5.93. The first kappa shape index (κ1) is 11.9. The Morgan fingerprint density at radius 3 is 2.38 bits per heavy atom. The molecule has 0 radical (unpaired) electrons. The van der Waals surface area contributed by atoms with E-state index in [9.17, 15) is 9.59 Å². The van der Waals surface area contributed by atoms with Gasteiger partial charge in [0, 0.05) is 6.54 Å². The maximum Gasteiger partial charge on any atom is 0.305 e. The Bertz CT molecular complexity index is 193. The minimum Gasteiger partial charge on any atom is -0.481 e. The van der Waals surface area contributed by atoms with Gasteiger partial charge >= 0.3 is 5.97 Å². The number of aliphatic carboxylic acids is 1. The number of carboxylic acids is 1. The second kappa shape index (κ2) is 5.50. The third-order valence-electron chi connectivity index (χ3n) is 1.38. The van der Waals surface area contributed by atoms with Crippen molar-refractivity contribution >= 4 is 11.9 Å². The van der Waals surface area contributed by atoms with E-state index in [-0.39, 0.29) is 13.0 Å². The second-order valence-corrected chi connectivity index (χ2v) is 2.81. The number of rotatable bonds is 6. The molecule has 5 N–H and O–H groups in total. The Morgan fingerprint density at radius 1 is 1.54 bits per heavy atom. The van der Waals surface area contributed by atoms with E-state index in [1.807, 2.05) is 0 Å². The Balaban J connectivity index is 3.95. The van der Waals surface area contributed by atoms with Crippen LogP contribution in [0, 0.1) is 0 Å². The van der Waals surface area contributed by atoms with Gasteiger partial charge in [0.25, 0.3) is 0 Å². The van der Waals surface area contributed by atoms with Crippen LogP contribution in [-0.4, -0.2) is 40.8 Å². The van der Waals surface area contributed by atoms with Crippen LogP contribution < -0.4 is 11.1 Å². The Hall–Kier alpha value is -1.14. The van der Waals surface area contributed by atoms with E-state index in [2.05, 4.69) is 5.32 Å². The summed E-state index contributed by atoms with van der Waals surface area (Å²) in [5.41, 5.74) is 4.92. The number of aliphatic hydroxyl groups excluding tert-OH is 1. The molecule has 76 valence electrons. The highest BCUT2D eigenvalue weighted by Gasteiger charge is 2.18. The van der Waals surface area contributed by atoms with Crippen LogP contribution in [-0.2, 0) is 9.59 Å². The van der Waals surface area contributed by atoms with Crippen LogP contribution in [0.15, 0.2) is 0 Å². The number of aliphatic hydroxyl groups is 1. The monoisotopic (exact) mass is 190 g/mol. The lowest BCUT2D eigenvalue weighted by atomic mass is 10.2. The largest absolute Gasteiger partial charge is 0.481 e. The Kier molecular flexibility index (Phi) is 5.01. The summed E-state index contributed by atoms with van der Waals surface area (Å²) in [6, 6.07) is -0.924. The maximum atomic E-state index is 10.7. The lowest BCUT2D eigenvalue weighted by Crippen LogP contribution is -2.45. The molecule has 0 rings (SSSR count). The molecule has 0 saturated heterocycles. The first-order valence-electron chi connectivity index (χ1n) is 3.86. The molecule has 0 aromatic heterocycles. The number of nitrogens with two attached hydrogens (primary N) is 1. The van der Waals surface area contributed by atoms with Crippen molar-refractivity contribution in [3.63, 3.8) is 0 Å². The minimum atomic E-state index is -1.11. The lowest BCUT2D eigenvalue weighted by molar-refractivity contribution is -0.139. The average Bonchev–Trinajstić information content (AvgIpc) is 1.96. The summed E-state index contributed by atoms with van der Waals surface area (Å²) in [5, 5.41) is 19.8. The number of nitrogens with one attached hydrogen (secondary N) is 1. The van der Waals surface area contributed by atoms with Gasteiger partial charge in [0.15, 0.2) is 0 Å². The van der Waals surface area contributed by atoms with Crippen LogP contribution in [0.1, 0.15) is 13.3 Å². The van der Waals surface area contributed by atoms with Gasteiger partial charge in [-0.25, -0.2) is 0 Å². The molecule has 0 aromatic carbocycles. The molecule has 0 bridgehead atoms. The SMILES string of the molecule is CC(O)CN[C@@H](CC(=O)O)C(N)=O. The van der Waals surface area contributed by atoms with Gasteiger partial charge in [-0.1, -0.05) is 0 Å². The molecule has 0 aliphatic rings. The van der Waals surface area contributed by atoms with E-state index in [1.54, 1.807) is 0 Å². The van der Waals surface area contributed by atoms with Gasteiger partial charge in [-0.05, 0) is 6.92 Å². The molecular formula is C7H14N2O4. The van der Waals surface area contributed by atoms with Crippen LogP contribution in [0.4, 0.5) is 0 Å². The fraction of sp³-hybridized carbons (Fsp3) is 0.714. The minimum absolute atomic E-state index is 0.140. The number of primary amides is 1. The maximum absolute atomic E-state index is 10.7. The molecule has 0 aliphatic heterocycles. The van der Waals surface area contributed by atoms with Crippen LogP contribution in [0.3, 0.4) is 0 Å². The molecule has 6 nitrogen and oxygen atoms in total. The topological polar surface area (TPSA) is 113 Å². The highest BCUT2D eigenvalue weighted by atomic mass is 16.4. The number of carboxylic acid groups (broad SMARTS) is 1. The van der Waals surface area contributed by atoms with Crippen LogP contribution >= 0.6 is 0 Å². The van der Waals surface area contributed by atoms with E-state index in [0.717, 1.165) is 0 Å². The van der Waals surface area contributed by atoms with Crippen molar-refractivity contribution in [1.29, 1.82) is 0 Å². The zero-order valence-electron chi connectivity index (χ0n) is 7.36. The normalized spacial score (nSPS) is 14.9. The van der Waals surface area contributed by atoms with Crippen molar-refractivity contribution in [2.75, 3.05) is 6.54 Å². The Labute approximate surface area is 75.7 Å². The predicted octanol–water partition coefficient (Wildman–Crippen LogP) is -1.71. The molecule has 0 aliphatic carbocycles. The van der Waals surface area contributed by atoms with Crippen molar-refractivity contribution in [3.8, 4) is 0 Å². The first-order valence-corrected chi connectivity index (χ1v) is 3.86. The molecule has 0 saturated carbocycles. The quantitative estimate of drug-likeness (QED) is 0.398. The van der Waals surface area contributed by atoms with Gasteiger partial charge in [0.1, 0.15) is 0 Å². The van der Waals surface area contributed by atoms with Crippen molar-refractivity contribution in [2.45, 2.75) is 25.5 Å². The molecular weight excluding hydrogens is 176 g/mol. The molecule has 0 heterocycles. The summed E-state index contributed by atoms with van der Waals surface area (Å²) in [5.74, 6) is -1.84. The van der Waals surface area contributed by atoms with E-state index in [4.69, 9.17) is 15.9 Å². The zero-order valence-corrected chi connectivity index (χ0v) is 7.36. The van der Waals surface area contributed by atoms with Gasteiger partial charge in [-0.15, -0.1) is 0 Å². The number of carbonyl (C=O) groups excluding carboxylic acids is 1. The highest BCUT2D eigenvalue weighted by Crippen LogP contribution is 1.91. The molecule has 0 fully saturated rings. The van der Waals surface area contributed by atoms with E-state index < -0.39 is 24.0 Å². The predicted molar refractivity (Wildman–Crippen MR) is 44.9 cm³/mol. The third-order valence-corrected chi connectivity index (χ3v) is 1.38. The van der Waals surface area contributed by atoms with E-state index >= 15 is 0 Å². The average molecular weight is 190 g/mol. The standard InChI is InChI=1S/C7H14N2O4/c1-4(10)3-9-5(7(8)13)2-6(11)12/h4-5,9-10H,2-3H2,1H3,(H2,8,13)(H,11,12)/t4?,5-/m0/s1. The number of hydrogen-bond donors (Lipinski definition) is 4. The summed E-state index contributed by atoms with van der Waals surface area (Å²) in [6.45, 7) is 1.66. The summed E-state index contributed by atoms with van der Waals surface area (Å²) in [4.78, 5) is 20.9. The van der Waals surface area contributed by atoms with Gasteiger partial charge in [0.2, 0.25) is 5.91 Å². The smallest absolute Gasteiger partial charge is 0.305 e. The molecule has 2 atom stereocenters. The second-order valence-electron chi connectivity index (χ2n) is 2.81.